The van der Waals surface area contributed by atoms with Crippen molar-refractivity contribution in [3.8, 4) is 0 Å². The second-order valence-corrected chi connectivity index (χ2v) is 4.81. The summed E-state index contributed by atoms with van der Waals surface area (Å²) < 4.78 is 0. The molecule has 1 atom stereocenters. The molecule has 0 aliphatic rings. The minimum Gasteiger partial charge on any atom is -0.329 e. The molecular weight excluding hydrogens is 172 g/mol. The van der Waals surface area contributed by atoms with Gasteiger partial charge in [-0.15, -0.1) is 0 Å². The van der Waals surface area contributed by atoms with Crippen LogP contribution in [-0.4, -0.2) is 30.6 Å². The summed E-state index contributed by atoms with van der Waals surface area (Å²) in [5.41, 5.74) is 6.17. The maximum atomic E-state index is 5.94. The van der Waals surface area contributed by atoms with Gasteiger partial charge in [0.2, 0.25) is 0 Å². The van der Waals surface area contributed by atoms with Gasteiger partial charge in [0.1, 0.15) is 0 Å². The highest BCUT2D eigenvalue weighted by molar-refractivity contribution is 4.88. The van der Waals surface area contributed by atoms with E-state index in [9.17, 15) is 0 Å². The van der Waals surface area contributed by atoms with Gasteiger partial charge in [0.15, 0.2) is 0 Å². The molecule has 1 unspecified atom stereocenters. The summed E-state index contributed by atoms with van der Waals surface area (Å²) in [5.74, 6) is 0.717. The molecule has 0 aliphatic heterocycles. The van der Waals surface area contributed by atoms with Gasteiger partial charge >= 0.3 is 0 Å². The largest absolute Gasteiger partial charge is 0.329 e. The zero-order valence-electron chi connectivity index (χ0n) is 10.6. The third kappa shape index (κ3) is 3.58. The number of nitrogens with zero attached hydrogens (tertiary/aromatic N) is 1. The van der Waals surface area contributed by atoms with Gasteiger partial charge in [0.05, 0.1) is 0 Å². The van der Waals surface area contributed by atoms with Crippen molar-refractivity contribution in [1.82, 2.24) is 4.90 Å². The van der Waals surface area contributed by atoms with Crippen LogP contribution in [0.2, 0.25) is 0 Å². The fraction of sp³-hybridized carbons (Fsp3) is 1.00. The summed E-state index contributed by atoms with van der Waals surface area (Å²) in [7, 11) is 2.21. The van der Waals surface area contributed by atoms with E-state index < -0.39 is 0 Å². The summed E-state index contributed by atoms with van der Waals surface area (Å²) in [6, 6.07) is 0. The molecule has 0 aromatic heterocycles. The highest BCUT2D eigenvalue weighted by atomic mass is 15.2. The van der Waals surface area contributed by atoms with Crippen LogP contribution in [0.4, 0.5) is 0 Å². The van der Waals surface area contributed by atoms with Crippen molar-refractivity contribution in [2.45, 2.75) is 52.5 Å². The molecule has 0 rings (SSSR count). The average molecular weight is 200 g/mol. The van der Waals surface area contributed by atoms with Gasteiger partial charge in [-0.3, -0.25) is 4.90 Å². The first kappa shape index (κ1) is 13.9. The highest BCUT2D eigenvalue weighted by Gasteiger charge is 2.30. The van der Waals surface area contributed by atoms with Gasteiger partial charge in [-0.05, 0) is 25.8 Å². The summed E-state index contributed by atoms with van der Waals surface area (Å²) in [6.45, 7) is 10.9. The molecule has 0 amide bonds. The molecule has 0 aromatic rings. The predicted octanol–water partition coefficient (Wildman–Crippen LogP) is 2.48. The second-order valence-electron chi connectivity index (χ2n) is 4.81. The van der Waals surface area contributed by atoms with Gasteiger partial charge in [0.25, 0.3) is 0 Å². The van der Waals surface area contributed by atoms with Crippen molar-refractivity contribution >= 4 is 0 Å². The first-order valence-electron chi connectivity index (χ1n) is 5.93. The van der Waals surface area contributed by atoms with Crippen LogP contribution < -0.4 is 5.73 Å². The zero-order chi connectivity index (χ0) is 11.2. The van der Waals surface area contributed by atoms with E-state index in [1.54, 1.807) is 0 Å². The first-order chi connectivity index (χ1) is 6.52. The molecule has 2 heteroatoms. The smallest absolute Gasteiger partial charge is 0.0326 e. The van der Waals surface area contributed by atoms with E-state index in [1.165, 1.54) is 12.8 Å². The second kappa shape index (κ2) is 6.41. The lowest BCUT2D eigenvalue weighted by Gasteiger charge is -2.41. The molecule has 0 heterocycles. The van der Waals surface area contributed by atoms with Crippen LogP contribution in [0, 0.1) is 5.92 Å². The third-order valence-corrected chi connectivity index (χ3v) is 3.20. The van der Waals surface area contributed by atoms with Crippen LogP contribution in [0.3, 0.4) is 0 Å². The number of likely N-dealkylation sites (N-methyl/N-ethyl adjacent to an activating group) is 1. The maximum absolute atomic E-state index is 5.94. The molecule has 0 spiro atoms. The maximum Gasteiger partial charge on any atom is 0.0326 e. The standard InChI is InChI=1S/C12H28N2/c1-6-8-12(7-2,10-13)14(5)9-11(3)4/h11H,6-10,13H2,1-5H3. The fourth-order valence-corrected chi connectivity index (χ4v) is 2.25. The van der Waals surface area contributed by atoms with Crippen molar-refractivity contribution in [3.63, 3.8) is 0 Å². The first-order valence-corrected chi connectivity index (χ1v) is 5.93. The third-order valence-electron chi connectivity index (χ3n) is 3.20. The average Bonchev–Trinajstić information content (AvgIpc) is 2.13. The number of hydrogen-bond donors (Lipinski definition) is 1. The number of rotatable bonds is 7. The van der Waals surface area contributed by atoms with E-state index in [0.29, 0.717) is 5.92 Å². The lowest BCUT2D eigenvalue weighted by atomic mass is 9.88. The van der Waals surface area contributed by atoms with Crippen LogP contribution in [0.25, 0.3) is 0 Å². The summed E-state index contributed by atoms with van der Waals surface area (Å²) in [5, 5.41) is 0. The summed E-state index contributed by atoms with van der Waals surface area (Å²) in [4.78, 5) is 2.46. The van der Waals surface area contributed by atoms with Crippen LogP contribution in [0.1, 0.15) is 47.0 Å². The molecule has 14 heavy (non-hydrogen) atoms. The Morgan fingerprint density at radius 3 is 2.14 bits per heavy atom. The molecular formula is C12H28N2. The van der Waals surface area contributed by atoms with E-state index in [0.717, 1.165) is 19.5 Å². The van der Waals surface area contributed by atoms with E-state index in [4.69, 9.17) is 5.73 Å². The lowest BCUT2D eigenvalue weighted by Crippen LogP contribution is -2.52. The Hall–Kier alpha value is -0.0800. The molecule has 0 saturated carbocycles. The van der Waals surface area contributed by atoms with Crippen LogP contribution in [-0.2, 0) is 0 Å². The Bertz CT molecular complexity index is 139. The topological polar surface area (TPSA) is 29.3 Å². The van der Waals surface area contributed by atoms with Gasteiger partial charge in [-0.1, -0.05) is 34.1 Å². The molecule has 2 N–H and O–H groups in total. The predicted molar refractivity (Wildman–Crippen MR) is 64.5 cm³/mol. The minimum atomic E-state index is 0.235. The molecule has 0 fully saturated rings. The highest BCUT2D eigenvalue weighted by Crippen LogP contribution is 2.24. The molecule has 0 aliphatic carbocycles. The molecule has 2 nitrogen and oxygen atoms in total. The van der Waals surface area contributed by atoms with Crippen LogP contribution in [0.5, 0.6) is 0 Å². The van der Waals surface area contributed by atoms with Crippen molar-refractivity contribution in [2.24, 2.45) is 11.7 Å². The van der Waals surface area contributed by atoms with Gasteiger partial charge in [-0.2, -0.15) is 0 Å². The molecule has 0 saturated heterocycles. The van der Waals surface area contributed by atoms with Crippen molar-refractivity contribution in [2.75, 3.05) is 20.1 Å². The molecule has 0 aromatic carbocycles. The molecule has 86 valence electrons. The lowest BCUT2D eigenvalue weighted by molar-refractivity contribution is 0.0963. The Morgan fingerprint density at radius 1 is 1.29 bits per heavy atom. The van der Waals surface area contributed by atoms with E-state index in [-0.39, 0.29) is 5.54 Å². The van der Waals surface area contributed by atoms with E-state index >= 15 is 0 Å². The zero-order valence-corrected chi connectivity index (χ0v) is 10.6. The quantitative estimate of drug-likeness (QED) is 0.684. The van der Waals surface area contributed by atoms with Gasteiger partial charge < -0.3 is 5.73 Å². The van der Waals surface area contributed by atoms with Crippen molar-refractivity contribution in [3.05, 3.63) is 0 Å². The normalized spacial score (nSPS) is 16.3. The minimum absolute atomic E-state index is 0.235. The summed E-state index contributed by atoms with van der Waals surface area (Å²) >= 11 is 0. The van der Waals surface area contributed by atoms with Gasteiger partial charge in [-0.25, -0.2) is 0 Å². The fourth-order valence-electron chi connectivity index (χ4n) is 2.25. The van der Waals surface area contributed by atoms with Crippen molar-refractivity contribution < 1.29 is 0 Å². The van der Waals surface area contributed by atoms with E-state index in [2.05, 4.69) is 39.6 Å². The molecule has 0 radical (unpaired) electrons. The number of nitrogens with two attached hydrogens (primary N) is 1. The van der Waals surface area contributed by atoms with E-state index in [1.807, 2.05) is 0 Å². The molecule has 0 bridgehead atoms. The van der Waals surface area contributed by atoms with Gasteiger partial charge in [0, 0.05) is 18.6 Å². The Labute approximate surface area is 89.9 Å². The van der Waals surface area contributed by atoms with Crippen LogP contribution >= 0.6 is 0 Å². The summed E-state index contributed by atoms with van der Waals surface area (Å²) in [6.07, 6.45) is 3.58. The Balaban J connectivity index is 4.43. The monoisotopic (exact) mass is 200 g/mol. The van der Waals surface area contributed by atoms with Crippen molar-refractivity contribution in [1.29, 1.82) is 0 Å². The number of hydrogen-bond acceptors (Lipinski definition) is 2. The van der Waals surface area contributed by atoms with Crippen LogP contribution in [0.15, 0.2) is 0 Å². The Morgan fingerprint density at radius 2 is 1.86 bits per heavy atom. The Kier molecular flexibility index (Phi) is 6.38. The SMILES string of the molecule is CCCC(CC)(CN)N(C)CC(C)C.